The van der Waals surface area contributed by atoms with Gasteiger partial charge in [-0.2, -0.15) is 0 Å². The Morgan fingerprint density at radius 2 is 1.95 bits per heavy atom. The van der Waals surface area contributed by atoms with E-state index in [4.69, 9.17) is 0 Å². The maximum absolute atomic E-state index is 12.5. The average Bonchev–Trinajstić information content (AvgIpc) is 2.44. The van der Waals surface area contributed by atoms with E-state index in [0.29, 0.717) is 17.8 Å². The van der Waals surface area contributed by atoms with Gasteiger partial charge in [0.25, 0.3) is 5.56 Å². The second-order valence-electron chi connectivity index (χ2n) is 5.56. The Kier molecular flexibility index (Phi) is 4.55. The van der Waals surface area contributed by atoms with Gasteiger partial charge in [0, 0.05) is 6.54 Å². The number of nitrogens with one attached hydrogen (secondary N) is 1. The summed E-state index contributed by atoms with van der Waals surface area (Å²) in [6.45, 7) is 9.93. The largest absolute Gasteiger partial charge is 0.307 e. The molecule has 0 bridgehead atoms. The Morgan fingerprint density at radius 3 is 2.60 bits per heavy atom. The fraction of sp³-hybridized carbons (Fsp3) is 0.500. The van der Waals surface area contributed by atoms with Gasteiger partial charge in [-0.3, -0.25) is 9.36 Å². The summed E-state index contributed by atoms with van der Waals surface area (Å²) in [6, 6.07) is 7.60. The summed E-state index contributed by atoms with van der Waals surface area (Å²) in [7, 11) is 0. The number of hydrogen-bond donors (Lipinski definition) is 1. The van der Waals surface area contributed by atoms with Crippen molar-refractivity contribution in [3.63, 3.8) is 0 Å². The fourth-order valence-corrected chi connectivity index (χ4v) is 2.33. The summed E-state index contributed by atoms with van der Waals surface area (Å²) in [5, 5.41) is 4.13. The van der Waals surface area contributed by atoms with Crippen molar-refractivity contribution >= 4 is 10.9 Å². The Labute approximate surface area is 119 Å². The van der Waals surface area contributed by atoms with Crippen molar-refractivity contribution in [3.8, 4) is 0 Å². The molecule has 0 unspecified atom stereocenters. The Balaban J connectivity index is 2.49. The maximum atomic E-state index is 12.5. The predicted molar refractivity (Wildman–Crippen MR) is 82.9 cm³/mol. The molecule has 1 N–H and O–H groups in total. The van der Waals surface area contributed by atoms with Crippen LogP contribution < -0.4 is 10.9 Å². The van der Waals surface area contributed by atoms with Crippen LogP contribution in [-0.2, 0) is 6.54 Å². The number of nitrogens with zero attached hydrogens (tertiary/aromatic N) is 2. The summed E-state index contributed by atoms with van der Waals surface area (Å²) in [6.07, 6.45) is 0. The van der Waals surface area contributed by atoms with E-state index in [2.05, 4.69) is 31.1 Å². The predicted octanol–water partition coefficient (Wildman–Crippen LogP) is 2.72. The first-order chi connectivity index (χ1) is 9.54. The molecule has 0 saturated carbocycles. The zero-order chi connectivity index (χ0) is 14.7. The van der Waals surface area contributed by atoms with Crippen molar-refractivity contribution in [2.24, 2.45) is 5.92 Å². The van der Waals surface area contributed by atoms with Crippen molar-refractivity contribution in [2.45, 2.75) is 40.3 Å². The minimum Gasteiger partial charge on any atom is -0.307 e. The van der Waals surface area contributed by atoms with Gasteiger partial charge < -0.3 is 5.32 Å². The number of hydrogen-bond acceptors (Lipinski definition) is 3. The topological polar surface area (TPSA) is 46.9 Å². The van der Waals surface area contributed by atoms with Crippen LogP contribution in [0.3, 0.4) is 0 Å². The summed E-state index contributed by atoms with van der Waals surface area (Å²) in [5.41, 5.74) is 0.821. The van der Waals surface area contributed by atoms with Gasteiger partial charge in [0.05, 0.1) is 16.9 Å². The van der Waals surface area contributed by atoms with Crippen molar-refractivity contribution in [1.82, 2.24) is 14.9 Å². The van der Waals surface area contributed by atoms with Crippen LogP contribution in [-0.4, -0.2) is 16.1 Å². The molecule has 2 aromatic rings. The van der Waals surface area contributed by atoms with E-state index >= 15 is 0 Å². The summed E-state index contributed by atoms with van der Waals surface area (Å²) in [4.78, 5) is 17.2. The second-order valence-corrected chi connectivity index (χ2v) is 5.56. The molecule has 20 heavy (non-hydrogen) atoms. The van der Waals surface area contributed by atoms with Crippen LogP contribution in [0.25, 0.3) is 10.9 Å². The highest BCUT2D eigenvalue weighted by Gasteiger charge is 2.15. The highest BCUT2D eigenvalue weighted by atomic mass is 16.1. The molecule has 0 saturated heterocycles. The van der Waals surface area contributed by atoms with Crippen LogP contribution in [0.4, 0.5) is 0 Å². The smallest absolute Gasteiger partial charge is 0.261 e. The molecular weight excluding hydrogens is 250 g/mol. The summed E-state index contributed by atoms with van der Waals surface area (Å²) < 4.78 is 1.76. The lowest BCUT2D eigenvalue weighted by Crippen LogP contribution is -2.32. The number of para-hydroxylation sites is 1. The molecule has 1 aromatic heterocycles. The molecule has 0 aliphatic heterocycles. The van der Waals surface area contributed by atoms with Gasteiger partial charge >= 0.3 is 0 Å². The van der Waals surface area contributed by atoms with Crippen LogP contribution in [0.5, 0.6) is 0 Å². The Bertz CT molecular complexity index is 646. The van der Waals surface area contributed by atoms with Crippen molar-refractivity contribution in [2.75, 3.05) is 6.54 Å². The van der Waals surface area contributed by atoms with E-state index in [1.807, 2.05) is 31.2 Å². The molecule has 0 fully saturated rings. The summed E-state index contributed by atoms with van der Waals surface area (Å²) >= 11 is 0. The third-order valence-corrected chi connectivity index (χ3v) is 3.43. The molecule has 0 radical (unpaired) electrons. The lowest BCUT2D eigenvalue weighted by molar-refractivity contribution is 0.461. The van der Waals surface area contributed by atoms with Gasteiger partial charge in [-0.1, -0.05) is 26.0 Å². The maximum Gasteiger partial charge on any atom is 0.261 e. The van der Waals surface area contributed by atoms with Crippen molar-refractivity contribution < 1.29 is 0 Å². The number of rotatable bonds is 5. The zero-order valence-corrected chi connectivity index (χ0v) is 12.7. The van der Waals surface area contributed by atoms with Crippen LogP contribution in [0, 0.1) is 5.92 Å². The lowest BCUT2D eigenvalue weighted by Gasteiger charge is -2.19. The molecule has 2 rings (SSSR count). The first-order valence-electron chi connectivity index (χ1n) is 7.27. The third-order valence-electron chi connectivity index (χ3n) is 3.43. The number of fused-ring (bicyclic) bond motifs is 1. The minimum atomic E-state index is 0.0475. The van der Waals surface area contributed by atoms with Gasteiger partial charge in [0.1, 0.15) is 5.82 Å². The molecule has 0 aliphatic carbocycles. The van der Waals surface area contributed by atoms with Crippen LogP contribution in [0.15, 0.2) is 29.1 Å². The first kappa shape index (κ1) is 14.7. The molecule has 0 spiro atoms. The molecule has 108 valence electrons. The lowest BCUT2D eigenvalue weighted by atomic mass is 10.2. The van der Waals surface area contributed by atoms with E-state index in [1.165, 1.54) is 0 Å². The van der Waals surface area contributed by atoms with Gasteiger partial charge in [-0.25, -0.2) is 4.98 Å². The molecule has 1 atom stereocenters. The number of aromatic nitrogens is 2. The SMILES string of the molecule is CCn1c([C@@H](C)NCC(C)C)nc2ccccc2c1=O. The van der Waals surface area contributed by atoms with Crippen LogP contribution in [0.2, 0.25) is 0 Å². The van der Waals surface area contributed by atoms with E-state index in [9.17, 15) is 4.79 Å². The van der Waals surface area contributed by atoms with Gasteiger partial charge in [0.15, 0.2) is 0 Å². The molecule has 1 heterocycles. The number of benzene rings is 1. The molecule has 0 amide bonds. The van der Waals surface area contributed by atoms with Crippen molar-refractivity contribution in [3.05, 3.63) is 40.4 Å². The van der Waals surface area contributed by atoms with Crippen LogP contribution >= 0.6 is 0 Å². The monoisotopic (exact) mass is 273 g/mol. The normalized spacial score (nSPS) is 13.1. The highest BCUT2D eigenvalue weighted by Crippen LogP contribution is 2.13. The Morgan fingerprint density at radius 1 is 1.25 bits per heavy atom. The standard InChI is InChI=1S/C16H23N3O/c1-5-19-15(12(4)17-10-11(2)3)18-14-9-7-6-8-13(14)16(19)20/h6-9,11-12,17H,5,10H2,1-4H3/t12-/m1/s1. The first-order valence-corrected chi connectivity index (χ1v) is 7.27. The van der Waals surface area contributed by atoms with E-state index in [-0.39, 0.29) is 11.6 Å². The zero-order valence-electron chi connectivity index (χ0n) is 12.7. The molecule has 1 aromatic carbocycles. The van der Waals surface area contributed by atoms with Gasteiger partial charge in [-0.15, -0.1) is 0 Å². The molecule has 0 aliphatic rings. The van der Waals surface area contributed by atoms with Crippen LogP contribution in [0.1, 0.15) is 39.6 Å². The van der Waals surface area contributed by atoms with Gasteiger partial charge in [-0.05, 0) is 38.4 Å². The third kappa shape index (κ3) is 2.90. The quantitative estimate of drug-likeness (QED) is 0.911. The van der Waals surface area contributed by atoms with Gasteiger partial charge in [0.2, 0.25) is 0 Å². The van der Waals surface area contributed by atoms with E-state index < -0.39 is 0 Å². The molecular formula is C16H23N3O. The summed E-state index contributed by atoms with van der Waals surface area (Å²) in [5.74, 6) is 1.39. The van der Waals surface area contributed by atoms with E-state index in [0.717, 1.165) is 17.9 Å². The Hall–Kier alpha value is -1.68. The molecule has 4 nitrogen and oxygen atoms in total. The van der Waals surface area contributed by atoms with Crippen molar-refractivity contribution in [1.29, 1.82) is 0 Å². The molecule has 4 heteroatoms. The highest BCUT2D eigenvalue weighted by molar-refractivity contribution is 5.77. The fourth-order valence-electron chi connectivity index (χ4n) is 2.33. The average molecular weight is 273 g/mol. The second kappa shape index (κ2) is 6.18. The van der Waals surface area contributed by atoms with E-state index in [1.54, 1.807) is 4.57 Å². The minimum absolute atomic E-state index is 0.0475.